The third kappa shape index (κ3) is 5.79. The van der Waals surface area contributed by atoms with E-state index in [4.69, 9.17) is 0 Å². The van der Waals surface area contributed by atoms with Crippen LogP contribution in [0.25, 0.3) is 11.1 Å². The molecule has 0 aromatic heterocycles. The van der Waals surface area contributed by atoms with Gasteiger partial charge in [-0.2, -0.15) is 0 Å². The van der Waals surface area contributed by atoms with Gasteiger partial charge in [0.25, 0.3) is 11.8 Å². The second-order valence-electron chi connectivity index (χ2n) is 10.0. The quantitative estimate of drug-likeness (QED) is 0.611. The van der Waals surface area contributed by atoms with Crippen LogP contribution in [0.1, 0.15) is 85.9 Å². The maximum Gasteiger partial charge on any atom is 0.251 e. The fraction of sp³-hybridized carbons (Fsp3) is 0.500. The molecule has 2 N–H and O–H groups in total. The molecule has 0 spiro atoms. The molecular weight excluding hydrogens is 396 g/mol. The molecule has 170 valence electrons. The van der Waals surface area contributed by atoms with Crippen molar-refractivity contribution in [2.75, 3.05) is 0 Å². The number of rotatable bonds is 5. The van der Waals surface area contributed by atoms with Crippen molar-refractivity contribution in [3.8, 4) is 11.1 Å². The molecule has 2 fully saturated rings. The first kappa shape index (κ1) is 22.6. The highest BCUT2D eigenvalue weighted by molar-refractivity contribution is 5.96. The molecule has 0 heterocycles. The summed E-state index contributed by atoms with van der Waals surface area (Å²) in [5, 5.41) is 6.39. The van der Waals surface area contributed by atoms with Crippen molar-refractivity contribution in [2.45, 2.75) is 77.3 Å². The molecule has 2 aliphatic rings. The lowest BCUT2D eigenvalue weighted by Crippen LogP contribution is -2.37. The van der Waals surface area contributed by atoms with Gasteiger partial charge in [-0.3, -0.25) is 9.59 Å². The highest BCUT2D eigenvalue weighted by atomic mass is 16.2. The van der Waals surface area contributed by atoms with Crippen LogP contribution in [0.3, 0.4) is 0 Å². The molecule has 4 heteroatoms. The molecule has 4 nitrogen and oxygen atoms in total. The minimum absolute atomic E-state index is 0.0136. The average Bonchev–Trinajstić information content (AvgIpc) is 2.79. The molecule has 2 aromatic rings. The van der Waals surface area contributed by atoms with Gasteiger partial charge in [0.15, 0.2) is 0 Å². The topological polar surface area (TPSA) is 58.2 Å². The van der Waals surface area contributed by atoms with Crippen molar-refractivity contribution in [3.63, 3.8) is 0 Å². The second-order valence-corrected chi connectivity index (χ2v) is 10.0. The molecule has 32 heavy (non-hydrogen) atoms. The van der Waals surface area contributed by atoms with Crippen LogP contribution >= 0.6 is 0 Å². The Kier molecular flexibility index (Phi) is 7.29. The maximum atomic E-state index is 12.6. The number of hydrogen-bond donors (Lipinski definition) is 2. The number of hydrogen-bond acceptors (Lipinski definition) is 2. The van der Waals surface area contributed by atoms with Crippen molar-refractivity contribution >= 4 is 11.8 Å². The number of carbonyl (C=O) groups is 2. The second kappa shape index (κ2) is 10.3. The third-order valence-corrected chi connectivity index (χ3v) is 7.17. The van der Waals surface area contributed by atoms with Crippen LogP contribution < -0.4 is 10.6 Å². The van der Waals surface area contributed by atoms with E-state index in [0.29, 0.717) is 35.0 Å². The van der Waals surface area contributed by atoms with Crippen LogP contribution in [0.4, 0.5) is 0 Å². The van der Waals surface area contributed by atoms with Crippen LogP contribution in [0.15, 0.2) is 48.5 Å². The maximum absolute atomic E-state index is 12.6. The Balaban J connectivity index is 1.34. The van der Waals surface area contributed by atoms with E-state index >= 15 is 0 Å². The molecule has 0 bridgehead atoms. The Morgan fingerprint density at radius 2 is 1.00 bits per heavy atom. The van der Waals surface area contributed by atoms with E-state index in [9.17, 15) is 9.59 Å². The zero-order valence-electron chi connectivity index (χ0n) is 19.4. The molecule has 4 rings (SSSR count). The number of benzene rings is 2. The predicted octanol–water partition coefficient (Wildman–Crippen LogP) is 5.97. The van der Waals surface area contributed by atoms with E-state index in [1.165, 1.54) is 25.7 Å². The van der Waals surface area contributed by atoms with E-state index in [2.05, 4.69) is 24.5 Å². The van der Waals surface area contributed by atoms with Crippen LogP contribution in [0, 0.1) is 11.8 Å². The summed E-state index contributed by atoms with van der Waals surface area (Å²) in [6, 6.07) is 16.1. The van der Waals surface area contributed by atoms with Crippen LogP contribution in [0.5, 0.6) is 0 Å². The molecule has 4 atom stereocenters. The third-order valence-electron chi connectivity index (χ3n) is 7.17. The van der Waals surface area contributed by atoms with Crippen molar-refractivity contribution < 1.29 is 9.59 Å². The standard InChI is InChI=1S/C28H36N2O2/c1-19-5-3-7-25(17-19)29-27(31)23-13-9-21(10-14-23)22-11-15-24(16-12-22)28(32)30-26-8-4-6-20(2)18-26/h9-16,19-20,25-26H,3-8,17-18H2,1-2H3,(H,29,31)(H,30,32). The first-order chi connectivity index (χ1) is 15.5. The summed E-state index contributed by atoms with van der Waals surface area (Å²) in [5.74, 6) is 1.40. The molecule has 0 aliphatic heterocycles. The summed E-state index contributed by atoms with van der Waals surface area (Å²) < 4.78 is 0. The van der Waals surface area contributed by atoms with E-state index in [1.54, 1.807) is 0 Å². The molecule has 2 aromatic carbocycles. The fourth-order valence-electron chi connectivity index (χ4n) is 5.30. The van der Waals surface area contributed by atoms with Gasteiger partial charge in [0.05, 0.1) is 0 Å². The largest absolute Gasteiger partial charge is 0.349 e. The first-order valence-electron chi connectivity index (χ1n) is 12.3. The van der Waals surface area contributed by atoms with Gasteiger partial charge in [-0.05, 0) is 72.9 Å². The van der Waals surface area contributed by atoms with Gasteiger partial charge in [-0.1, -0.05) is 63.8 Å². The van der Waals surface area contributed by atoms with Gasteiger partial charge in [0.2, 0.25) is 0 Å². The summed E-state index contributed by atoms with van der Waals surface area (Å²) in [5.41, 5.74) is 3.48. The summed E-state index contributed by atoms with van der Waals surface area (Å²) >= 11 is 0. The summed E-state index contributed by atoms with van der Waals surface area (Å²) in [7, 11) is 0. The lowest BCUT2D eigenvalue weighted by molar-refractivity contribution is 0.0912. The van der Waals surface area contributed by atoms with E-state index in [0.717, 1.165) is 36.8 Å². The number of nitrogens with one attached hydrogen (secondary N) is 2. The van der Waals surface area contributed by atoms with Crippen LogP contribution in [-0.2, 0) is 0 Å². The Bertz CT molecular complexity index is 842. The number of carbonyl (C=O) groups excluding carboxylic acids is 2. The highest BCUT2D eigenvalue weighted by Gasteiger charge is 2.22. The Morgan fingerprint density at radius 1 is 0.625 bits per heavy atom. The average molecular weight is 433 g/mol. The van der Waals surface area contributed by atoms with Crippen molar-refractivity contribution in [3.05, 3.63) is 59.7 Å². The summed E-state index contributed by atoms with van der Waals surface area (Å²) in [6.07, 6.45) is 9.22. The smallest absolute Gasteiger partial charge is 0.251 e. The molecule has 2 aliphatic carbocycles. The number of amides is 2. The molecule has 0 saturated heterocycles. The molecule has 4 unspecified atom stereocenters. The van der Waals surface area contributed by atoms with Gasteiger partial charge in [0.1, 0.15) is 0 Å². The highest BCUT2D eigenvalue weighted by Crippen LogP contribution is 2.26. The Labute approximate surface area is 192 Å². The SMILES string of the molecule is CC1CCCC(NC(=O)c2ccc(-c3ccc(C(=O)NC4CCCC(C)C4)cc3)cc2)C1. The van der Waals surface area contributed by atoms with Crippen molar-refractivity contribution in [1.82, 2.24) is 10.6 Å². The molecule has 2 saturated carbocycles. The fourth-order valence-corrected chi connectivity index (χ4v) is 5.30. The minimum Gasteiger partial charge on any atom is -0.349 e. The summed E-state index contributed by atoms with van der Waals surface area (Å²) in [6.45, 7) is 4.52. The van der Waals surface area contributed by atoms with Crippen LogP contribution in [-0.4, -0.2) is 23.9 Å². The van der Waals surface area contributed by atoms with Gasteiger partial charge in [0, 0.05) is 23.2 Å². The molecular formula is C28H36N2O2. The van der Waals surface area contributed by atoms with Crippen molar-refractivity contribution in [1.29, 1.82) is 0 Å². The first-order valence-corrected chi connectivity index (χ1v) is 12.3. The zero-order chi connectivity index (χ0) is 22.5. The lowest BCUT2D eigenvalue weighted by atomic mass is 9.87. The predicted molar refractivity (Wildman–Crippen MR) is 130 cm³/mol. The minimum atomic E-state index is 0.0136. The zero-order valence-corrected chi connectivity index (χ0v) is 19.4. The van der Waals surface area contributed by atoms with Gasteiger partial charge in [-0.15, -0.1) is 0 Å². The normalized spacial score (nSPS) is 25.7. The van der Waals surface area contributed by atoms with Crippen LogP contribution in [0.2, 0.25) is 0 Å². The van der Waals surface area contributed by atoms with Crippen molar-refractivity contribution in [2.24, 2.45) is 11.8 Å². The van der Waals surface area contributed by atoms with E-state index in [-0.39, 0.29) is 11.8 Å². The summed E-state index contributed by atoms with van der Waals surface area (Å²) in [4.78, 5) is 25.2. The van der Waals surface area contributed by atoms with E-state index < -0.39 is 0 Å². The Morgan fingerprint density at radius 3 is 1.34 bits per heavy atom. The van der Waals surface area contributed by atoms with Gasteiger partial charge in [-0.25, -0.2) is 0 Å². The van der Waals surface area contributed by atoms with Gasteiger partial charge < -0.3 is 10.6 Å². The van der Waals surface area contributed by atoms with Gasteiger partial charge >= 0.3 is 0 Å². The molecule has 2 amide bonds. The van der Waals surface area contributed by atoms with E-state index in [1.807, 2.05) is 48.5 Å². The monoisotopic (exact) mass is 432 g/mol. The Hall–Kier alpha value is -2.62. The lowest BCUT2D eigenvalue weighted by Gasteiger charge is -2.27. The molecule has 0 radical (unpaired) electrons.